The lowest BCUT2D eigenvalue weighted by Gasteiger charge is -2.38. The van der Waals surface area contributed by atoms with Crippen LogP contribution in [0.25, 0.3) is 0 Å². The van der Waals surface area contributed by atoms with Crippen LogP contribution in [0, 0.1) is 10.8 Å². The summed E-state index contributed by atoms with van der Waals surface area (Å²) < 4.78 is 24.1. The number of hydrogen-bond acceptors (Lipinski definition) is 5. The van der Waals surface area contributed by atoms with Gasteiger partial charge in [0.25, 0.3) is 11.8 Å². The molecule has 0 aliphatic carbocycles. The molecule has 0 N–H and O–H groups in total. The Balaban J connectivity index is 2.53. The summed E-state index contributed by atoms with van der Waals surface area (Å²) in [4.78, 5) is 0. The first-order valence-corrected chi connectivity index (χ1v) is 14.3. The Morgan fingerprint density at radius 1 is 0.750 bits per heavy atom. The fourth-order valence-electron chi connectivity index (χ4n) is 1.48. The molecule has 20 heavy (non-hydrogen) atoms. The van der Waals surface area contributed by atoms with Gasteiger partial charge in [-0.15, -0.1) is 0 Å². The van der Waals surface area contributed by atoms with Crippen LogP contribution in [0.5, 0.6) is 0 Å². The van der Waals surface area contributed by atoms with Crippen LogP contribution >= 0.6 is 64.4 Å². The average molecular weight is 421 g/mol. The first-order chi connectivity index (χ1) is 8.79. The fourth-order valence-corrected chi connectivity index (χ4v) is 15.8. The molecule has 2 aliphatic heterocycles. The first kappa shape index (κ1) is 18.1. The molecule has 118 valence electrons. The van der Waals surface area contributed by atoms with Crippen molar-refractivity contribution in [1.82, 2.24) is 0 Å². The van der Waals surface area contributed by atoms with E-state index in [2.05, 4.69) is 41.2 Å². The van der Waals surface area contributed by atoms with E-state index in [1.165, 1.54) is 0 Å². The maximum absolute atomic E-state index is 6.08. The Morgan fingerprint density at radius 2 is 1.15 bits per heavy atom. The predicted octanol–water partition coefficient (Wildman–Crippen LogP) is 7.89. The summed E-state index contributed by atoms with van der Waals surface area (Å²) in [6.07, 6.45) is 0. The molecule has 0 aromatic rings. The third kappa shape index (κ3) is 3.81. The van der Waals surface area contributed by atoms with Crippen LogP contribution < -0.4 is 0 Å². The van der Waals surface area contributed by atoms with Crippen molar-refractivity contribution in [2.45, 2.75) is 27.7 Å². The molecule has 12 heteroatoms. The summed E-state index contributed by atoms with van der Waals surface area (Å²) in [5.41, 5.74) is -0.259. The Kier molecular flexibility index (Phi) is 4.89. The molecule has 2 aliphatic rings. The van der Waals surface area contributed by atoms with Crippen LogP contribution in [0.1, 0.15) is 27.7 Å². The van der Waals surface area contributed by atoms with Crippen molar-refractivity contribution in [1.29, 1.82) is 0 Å². The summed E-state index contributed by atoms with van der Waals surface area (Å²) in [5, 5.41) is 0. The smallest absolute Gasteiger partial charge is 0.306 e. The van der Waals surface area contributed by atoms with E-state index in [0.717, 1.165) is 0 Å². The lowest BCUT2D eigenvalue weighted by atomic mass is 9.69. The van der Waals surface area contributed by atoms with Crippen LogP contribution in [0.2, 0.25) is 0 Å². The van der Waals surface area contributed by atoms with Gasteiger partial charge in [0.15, 0.2) is 0 Å². The topological polar surface area (TPSA) is 55.5 Å². The zero-order valence-electron chi connectivity index (χ0n) is 11.4. The van der Waals surface area contributed by atoms with Gasteiger partial charge < -0.3 is 9.05 Å². The Labute approximate surface area is 138 Å². The van der Waals surface area contributed by atoms with E-state index in [1.807, 2.05) is 0 Å². The van der Waals surface area contributed by atoms with Gasteiger partial charge in [0.2, 0.25) is 0 Å². The van der Waals surface area contributed by atoms with Crippen molar-refractivity contribution in [2.75, 3.05) is 13.2 Å². The van der Waals surface area contributed by atoms with Gasteiger partial charge in [-0.3, -0.25) is 0 Å². The molecule has 2 rings (SSSR count). The second-order valence-electron chi connectivity index (χ2n) is 5.98. The van der Waals surface area contributed by atoms with E-state index in [1.54, 1.807) is 0 Å². The molecule has 5 nitrogen and oxygen atoms in total. The van der Waals surface area contributed by atoms with E-state index in [0.29, 0.717) is 13.2 Å². The minimum Gasteiger partial charge on any atom is -0.306 e. The van der Waals surface area contributed by atoms with Crippen LogP contribution in [0.15, 0.2) is 13.5 Å². The second-order valence-corrected chi connectivity index (χ2v) is 18.1. The maximum atomic E-state index is 6.08. The van der Waals surface area contributed by atoms with E-state index >= 15 is 0 Å². The summed E-state index contributed by atoms with van der Waals surface area (Å²) >= 11 is 24.3. The van der Waals surface area contributed by atoms with Crippen LogP contribution in [-0.4, -0.2) is 13.2 Å². The summed E-state index contributed by atoms with van der Waals surface area (Å²) in [7, 11) is -3.00. The first-order valence-electron chi connectivity index (χ1n) is 5.78. The molecule has 0 unspecified atom stereocenters. The molecule has 0 saturated carbocycles. The zero-order chi connectivity index (χ0) is 15.4. The Hall–Kier alpha value is 1.77. The summed E-state index contributed by atoms with van der Waals surface area (Å²) in [6.45, 7) is 9.20. The molecular formula is C8H16Cl4N3O2P3. The number of nitrogens with zero attached hydrogens (tertiary/aromatic N) is 3. The molecule has 0 aromatic carbocycles. The molecule has 0 aromatic heterocycles. The molecule has 0 amide bonds. The van der Waals surface area contributed by atoms with Crippen molar-refractivity contribution < 1.29 is 9.05 Å². The van der Waals surface area contributed by atoms with Gasteiger partial charge in [0, 0.05) is 0 Å². The van der Waals surface area contributed by atoms with Crippen molar-refractivity contribution >= 4 is 64.4 Å². The molecule has 0 atom stereocenters. The molecule has 1 fully saturated rings. The van der Waals surface area contributed by atoms with Crippen LogP contribution in [0.4, 0.5) is 0 Å². The number of rotatable bonds is 0. The lowest BCUT2D eigenvalue weighted by Crippen LogP contribution is -2.37. The highest BCUT2D eigenvalue weighted by Gasteiger charge is 2.46. The normalized spacial score (nSPS) is 32.4. The van der Waals surface area contributed by atoms with Gasteiger partial charge in [-0.1, -0.05) is 27.7 Å². The minimum absolute atomic E-state index is 0.129. The van der Waals surface area contributed by atoms with Crippen molar-refractivity contribution in [3.8, 4) is 0 Å². The third-order valence-corrected chi connectivity index (χ3v) is 14.7. The quantitative estimate of drug-likeness (QED) is 0.374. The highest BCUT2D eigenvalue weighted by molar-refractivity contribution is 8.20. The predicted molar refractivity (Wildman–Crippen MR) is 90.9 cm³/mol. The standard InChI is InChI=1S/C8H16Cl4N3O2P3/c1-7(2)5-16-20(17-6-8(7,3)4)14-18(9,10)13-19(11,12)15-20/h5-6H2,1-4H3. The monoisotopic (exact) mass is 419 g/mol. The van der Waals surface area contributed by atoms with Crippen LogP contribution in [-0.2, 0) is 9.05 Å². The fraction of sp³-hybridized carbons (Fsp3) is 1.00. The molecule has 1 spiro atoms. The van der Waals surface area contributed by atoms with Crippen LogP contribution in [0.3, 0.4) is 0 Å². The largest absolute Gasteiger partial charge is 0.345 e. The number of halogens is 4. The average Bonchev–Trinajstić information content (AvgIpc) is 2.25. The molecule has 0 radical (unpaired) electrons. The van der Waals surface area contributed by atoms with E-state index in [-0.39, 0.29) is 10.8 Å². The van der Waals surface area contributed by atoms with Gasteiger partial charge in [-0.25, -0.2) is 0 Å². The van der Waals surface area contributed by atoms with Gasteiger partial charge in [0.1, 0.15) is 0 Å². The molecule has 2 heterocycles. The van der Waals surface area contributed by atoms with Crippen molar-refractivity contribution in [3.63, 3.8) is 0 Å². The van der Waals surface area contributed by atoms with Gasteiger partial charge in [-0.05, 0) is 55.8 Å². The van der Waals surface area contributed by atoms with Gasteiger partial charge in [0.05, 0.1) is 13.2 Å². The molecule has 0 bridgehead atoms. The van der Waals surface area contributed by atoms with Crippen molar-refractivity contribution in [3.05, 3.63) is 0 Å². The van der Waals surface area contributed by atoms with Gasteiger partial charge >= 0.3 is 7.66 Å². The Morgan fingerprint density at radius 3 is 1.55 bits per heavy atom. The lowest BCUT2D eigenvalue weighted by molar-refractivity contribution is 0.0471. The molecule has 1 saturated heterocycles. The minimum atomic E-state index is -3.01. The second kappa shape index (κ2) is 5.40. The highest BCUT2D eigenvalue weighted by Crippen LogP contribution is 2.86. The molecular weight excluding hydrogens is 405 g/mol. The summed E-state index contributed by atoms with van der Waals surface area (Å²) in [6, 6.07) is 0. The van der Waals surface area contributed by atoms with E-state index < -0.39 is 19.5 Å². The number of hydrogen-bond donors (Lipinski definition) is 0. The third-order valence-electron chi connectivity index (χ3n) is 3.68. The summed E-state index contributed by atoms with van der Waals surface area (Å²) in [5.74, 6) is -6.02. The zero-order valence-corrected chi connectivity index (χ0v) is 17.1. The maximum Gasteiger partial charge on any atom is 0.345 e. The van der Waals surface area contributed by atoms with Gasteiger partial charge in [-0.2, -0.15) is 13.5 Å². The SMILES string of the molecule is CC1(C)COP2(=NP(Cl)(Cl)=NP(Cl)(Cl)=N2)OCC1(C)C. The van der Waals surface area contributed by atoms with E-state index in [4.69, 9.17) is 54.0 Å². The van der Waals surface area contributed by atoms with Crippen molar-refractivity contribution in [2.24, 2.45) is 24.4 Å². The van der Waals surface area contributed by atoms with E-state index in [9.17, 15) is 0 Å². The Bertz CT molecular complexity index is 562. The highest BCUT2D eigenvalue weighted by atomic mass is 35.9.